The molecule has 1 saturated heterocycles. The molecule has 7 heteroatoms. The molecule has 0 atom stereocenters. The first-order chi connectivity index (χ1) is 16.0. The smallest absolute Gasteiger partial charge is 0.243 e. The van der Waals surface area contributed by atoms with Crippen molar-refractivity contribution in [3.8, 4) is 0 Å². The maximum atomic E-state index is 13.3. The SMILES string of the molecule is O=S(=O)(c1ccc(C=Cc2cccc(Cl)c2)cc1)N1CCc2oc(CN3CCCC3)cc2C1. The molecule has 0 N–H and O–H groups in total. The van der Waals surface area contributed by atoms with Crippen LogP contribution in [0.1, 0.15) is 41.1 Å². The van der Waals surface area contributed by atoms with E-state index in [1.165, 1.54) is 12.8 Å². The number of sulfonamides is 1. The summed E-state index contributed by atoms with van der Waals surface area (Å²) in [6.45, 7) is 3.82. The molecular weight excluding hydrogens is 456 g/mol. The predicted molar refractivity (Wildman–Crippen MR) is 131 cm³/mol. The Kier molecular flexibility index (Phi) is 6.43. The van der Waals surface area contributed by atoms with Gasteiger partial charge in [0.1, 0.15) is 11.5 Å². The Bertz CT molecular complexity index is 1260. The molecule has 172 valence electrons. The van der Waals surface area contributed by atoms with E-state index in [1.54, 1.807) is 16.4 Å². The molecule has 0 aliphatic carbocycles. The highest BCUT2D eigenvalue weighted by Crippen LogP contribution is 2.28. The van der Waals surface area contributed by atoms with Crippen molar-refractivity contribution < 1.29 is 12.8 Å². The van der Waals surface area contributed by atoms with Crippen LogP contribution in [-0.2, 0) is 29.5 Å². The molecule has 2 aromatic carbocycles. The van der Waals surface area contributed by atoms with Crippen LogP contribution in [-0.4, -0.2) is 37.3 Å². The van der Waals surface area contributed by atoms with E-state index >= 15 is 0 Å². The fraction of sp³-hybridized carbons (Fsp3) is 0.308. The van der Waals surface area contributed by atoms with E-state index in [9.17, 15) is 8.42 Å². The molecular formula is C26H27ClN2O3S. The van der Waals surface area contributed by atoms with Crippen molar-refractivity contribution in [1.29, 1.82) is 0 Å². The van der Waals surface area contributed by atoms with E-state index in [2.05, 4.69) is 4.90 Å². The van der Waals surface area contributed by atoms with Gasteiger partial charge in [-0.3, -0.25) is 4.90 Å². The van der Waals surface area contributed by atoms with Crippen LogP contribution in [0.2, 0.25) is 5.02 Å². The molecule has 5 rings (SSSR count). The molecule has 0 unspecified atom stereocenters. The van der Waals surface area contributed by atoms with Crippen LogP contribution in [0.15, 0.2) is 63.9 Å². The van der Waals surface area contributed by atoms with Gasteiger partial charge >= 0.3 is 0 Å². The standard InChI is InChI=1S/C26H27ClN2O3S/c27-23-5-3-4-21(16-23)7-6-20-8-10-25(11-9-20)33(30,31)29-15-12-26-22(18-29)17-24(32-26)19-28-13-1-2-14-28/h3-11,16-17H,1-2,12-15,18-19H2. The molecule has 0 spiro atoms. The Labute approximate surface area is 200 Å². The summed E-state index contributed by atoms with van der Waals surface area (Å²) in [7, 11) is -3.57. The van der Waals surface area contributed by atoms with Crippen LogP contribution in [0.5, 0.6) is 0 Å². The Morgan fingerprint density at radius 3 is 2.45 bits per heavy atom. The topological polar surface area (TPSA) is 53.8 Å². The van der Waals surface area contributed by atoms with E-state index in [0.717, 1.165) is 47.8 Å². The number of nitrogens with zero attached hydrogens (tertiary/aromatic N) is 2. The Morgan fingerprint density at radius 1 is 0.939 bits per heavy atom. The second-order valence-electron chi connectivity index (χ2n) is 8.69. The summed E-state index contributed by atoms with van der Waals surface area (Å²) in [5.41, 5.74) is 2.91. The number of benzene rings is 2. The molecule has 1 fully saturated rings. The maximum Gasteiger partial charge on any atom is 0.243 e. The number of fused-ring (bicyclic) bond motifs is 1. The highest BCUT2D eigenvalue weighted by molar-refractivity contribution is 7.89. The number of likely N-dealkylation sites (tertiary alicyclic amines) is 1. The van der Waals surface area contributed by atoms with E-state index in [-0.39, 0.29) is 0 Å². The van der Waals surface area contributed by atoms with Crippen molar-refractivity contribution in [2.75, 3.05) is 19.6 Å². The summed E-state index contributed by atoms with van der Waals surface area (Å²) >= 11 is 6.03. The van der Waals surface area contributed by atoms with Crippen LogP contribution in [0.25, 0.3) is 12.2 Å². The molecule has 3 heterocycles. The third-order valence-electron chi connectivity index (χ3n) is 6.30. The van der Waals surface area contributed by atoms with Gasteiger partial charge in [-0.1, -0.05) is 48.0 Å². The van der Waals surface area contributed by atoms with Gasteiger partial charge < -0.3 is 4.42 Å². The van der Waals surface area contributed by atoms with Gasteiger partial charge in [0, 0.05) is 30.1 Å². The molecule has 0 bridgehead atoms. The zero-order chi connectivity index (χ0) is 22.8. The summed E-state index contributed by atoms with van der Waals surface area (Å²) in [6.07, 6.45) is 6.99. The van der Waals surface area contributed by atoms with Crippen molar-refractivity contribution in [2.24, 2.45) is 0 Å². The van der Waals surface area contributed by atoms with E-state index in [0.29, 0.717) is 29.4 Å². The van der Waals surface area contributed by atoms with E-state index in [1.807, 2.05) is 54.6 Å². The number of hydrogen-bond donors (Lipinski definition) is 0. The molecule has 2 aliphatic rings. The van der Waals surface area contributed by atoms with Crippen LogP contribution < -0.4 is 0 Å². The fourth-order valence-corrected chi connectivity index (χ4v) is 6.13. The van der Waals surface area contributed by atoms with Gasteiger partial charge in [0.05, 0.1) is 11.4 Å². The van der Waals surface area contributed by atoms with Crippen molar-refractivity contribution in [1.82, 2.24) is 9.21 Å². The minimum absolute atomic E-state index is 0.312. The minimum atomic E-state index is -3.57. The molecule has 2 aliphatic heterocycles. The molecule has 3 aromatic rings. The van der Waals surface area contributed by atoms with Gasteiger partial charge in [0.25, 0.3) is 0 Å². The van der Waals surface area contributed by atoms with Crippen molar-refractivity contribution >= 4 is 33.8 Å². The Morgan fingerprint density at radius 2 is 1.70 bits per heavy atom. The molecule has 0 radical (unpaired) electrons. The average molecular weight is 483 g/mol. The first-order valence-corrected chi connectivity index (χ1v) is 13.2. The second kappa shape index (κ2) is 9.47. The summed E-state index contributed by atoms with van der Waals surface area (Å²) < 4.78 is 34.1. The minimum Gasteiger partial charge on any atom is -0.464 e. The van der Waals surface area contributed by atoms with Gasteiger partial charge in [-0.05, 0) is 67.4 Å². The van der Waals surface area contributed by atoms with Gasteiger partial charge in [-0.25, -0.2) is 8.42 Å². The summed E-state index contributed by atoms with van der Waals surface area (Å²) in [4.78, 5) is 2.70. The lowest BCUT2D eigenvalue weighted by atomic mass is 10.1. The third-order valence-corrected chi connectivity index (χ3v) is 8.39. The van der Waals surface area contributed by atoms with E-state index in [4.69, 9.17) is 16.0 Å². The zero-order valence-electron chi connectivity index (χ0n) is 18.4. The number of halogens is 1. The van der Waals surface area contributed by atoms with Crippen molar-refractivity contribution in [3.63, 3.8) is 0 Å². The molecule has 33 heavy (non-hydrogen) atoms. The third kappa shape index (κ3) is 5.09. The van der Waals surface area contributed by atoms with Crippen molar-refractivity contribution in [3.05, 3.63) is 87.8 Å². The fourth-order valence-electron chi connectivity index (χ4n) is 4.52. The number of furan rings is 1. The Hall–Kier alpha value is -2.38. The van der Waals surface area contributed by atoms with Gasteiger partial charge in [-0.15, -0.1) is 0 Å². The van der Waals surface area contributed by atoms with Crippen molar-refractivity contribution in [2.45, 2.75) is 37.2 Å². The monoisotopic (exact) mass is 482 g/mol. The van der Waals surface area contributed by atoms with Crippen LogP contribution in [0, 0.1) is 0 Å². The quantitative estimate of drug-likeness (QED) is 0.438. The Balaban J connectivity index is 1.27. The first kappa shape index (κ1) is 22.4. The first-order valence-electron chi connectivity index (χ1n) is 11.3. The normalized spacial score (nSPS) is 17.6. The lowest BCUT2D eigenvalue weighted by Crippen LogP contribution is -2.35. The molecule has 1 aromatic heterocycles. The van der Waals surface area contributed by atoms with Gasteiger partial charge in [0.2, 0.25) is 10.0 Å². The average Bonchev–Trinajstić information content (AvgIpc) is 3.47. The number of hydrogen-bond acceptors (Lipinski definition) is 4. The molecule has 0 saturated carbocycles. The number of rotatable bonds is 6. The lowest BCUT2D eigenvalue weighted by Gasteiger charge is -2.25. The maximum absolute atomic E-state index is 13.3. The van der Waals surface area contributed by atoms with Gasteiger partial charge in [0.15, 0.2) is 0 Å². The largest absolute Gasteiger partial charge is 0.464 e. The summed E-state index contributed by atoms with van der Waals surface area (Å²) in [5.74, 6) is 1.87. The molecule has 5 nitrogen and oxygen atoms in total. The van der Waals surface area contributed by atoms with Gasteiger partial charge in [-0.2, -0.15) is 4.31 Å². The second-order valence-corrected chi connectivity index (χ2v) is 11.1. The highest BCUT2D eigenvalue weighted by Gasteiger charge is 2.30. The van der Waals surface area contributed by atoms with Crippen LogP contribution in [0.3, 0.4) is 0 Å². The predicted octanol–water partition coefficient (Wildman–Crippen LogP) is 5.45. The van der Waals surface area contributed by atoms with Crippen LogP contribution in [0.4, 0.5) is 0 Å². The molecule has 0 amide bonds. The lowest BCUT2D eigenvalue weighted by molar-refractivity contribution is 0.288. The summed E-state index contributed by atoms with van der Waals surface area (Å²) in [5, 5.41) is 0.684. The summed E-state index contributed by atoms with van der Waals surface area (Å²) in [6, 6.07) is 16.6. The van der Waals surface area contributed by atoms with E-state index < -0.39 is 10.0 Å². The highest BCUT2D eigenvalue weighted by atomic mass is 35.5. The zero-order valence-corrected chi connectivity index (χ0v) is 20.0. The van der Waals surface area contributed by atoms with Crippen LogP contribution >= 0.6 is 11.6 Å².